The van der Waals surface area contributed by atoms with Crippen LogP contribution in [0.25, 0.3) is 0 Å². The minimum Gasteiger partial charge on any atom is -0.372 e. The maximum Gasteiger partial charge on any atom is 0.131 e. The van der Waals surface area contributed by atoms with Gasteiger partial charge in [0.15, 0.2) is 0 Å². The molecule has 1 aromatic heterocycles. The van der Waals surface area contributed by atoms with Crippen molar-refractivity contribution in [3.63, 3.8) is 0 Å². The number of benzene rings is 1. The number of hydrogen-bond acceptors (Lipinski definition) is 5. The van der Waals surface area contributed by atoms with E-state index < -0.39 is 23.8 Å². The molecule has 2 fully saturated rings. The van der Waals surface area contributed by atoms with Crippen molar-refractivity contribution in [3.05, 3.63) is 58.7 Å². The van der Waals surface area contributed by atoms with Crippen molar-refractivity contribution in [2.75, 3.05) is 6.61 Å². The van der Waals surface area contributed by atoms with Crippen molar-refractivity contribution in [2.24, 2.45) is 5.73 Å². The van der Waals surface area contributed by atoms with Gasteiger partial charge in [0, 0.05) is 55.0 Å². The minimum atomic E-state index is -0.632. The molecule has 5 rings (SSSR count). The molecular formula is C21H24F2N4O. The third-order valence-electron chi connectivity index (χ3n) is 6.10. The molecule has 3 heterocycles. The summed E-state index contributed by atoms with van der Waals surface area (Å²) in [4.78, 5) is 11.7. The highest BCUT2D eigenvalue weighted by Gasteiger charge is 2.35. The second-order valence-electron chi connectivity index (χ2n) is 8.18. The Morgan fingerprint density at radius 1 is 1.14 bits per heavy atom. The predicted molar refractivity (Wildman–Crippen MR) is 99.3 cm³/mol. The van der Waals surface area contributed by atoms with Crippen molar-refractivity contribution >= 4 is 0 Å². The summed E-state index contributed by atoms with van der Waals surface area (Å²) in [5.41, 5.74) is 8.89. The van der Waals surface area contributed by atoms with Crippen LogP contribution in [0.15, 0.2) is 24.4 Å². The lowest BCUT2D eigenvalue weighted by Crippen LogP contribution is -2.38. The van der Waals surface area contributed by atoms with Crippen molar-refractivity contribution < 1.29 is 13.5 Å². The number of rotatable bonds is 3. The van der Waals surface area contributed by atoms with Crippen molar-refractivity contribution in [3.8, 4) is 0 Å². The molecule has 2 aliphatic heterocycles. The largest absolute Gasteiger partial charge is 0.372 e. The fourth-order valence-electron chi connectivity index (χ4n) is 4.38. The Balaban J connectivity index is 1.31. The molecule has 0 bridgehead atoms. The number of hydrogen-bond donors (Lipinski definition) is 1. The molecule has 0 spiro atoms. The quantitative estimate of drug-likeness (QED) is 0.878. The number of ether oxygens (including phenoxy) is 1. The summed E-state index contributed by atoms with van der Waals surface area (Å²) in [5, 5.41) is 0. The van der Waals surface area contributed by atoms with Gasteiger partial charge in [-0.2, -0.15) is 0 Å². The van der Waals surface area contributed by atoms with Crippen LogP contribution in [0.2, 0.25) is 0 Å². The molecule has 5 nitrogen and oxygen atoms in total. The van der Waals surface area contributed by atoms with Gasteiger partial charge in [-0.1, -0.05) is 0 Å². The van der Waals surface area contributed by atoms with Crippen molar-refractivity contribution in [2.45, 2.75) is 62.9 Å². The van der Waals surface area contributed by atoms with Crippen LogP contribution in [-0.4, -0.2) is 33.6 Å². The van der Waals surface area contributed by atoms with Gasteiger partial charge >= 0.3 is 0 Å². The average molecular weight is 386 g/mol. The molecule has 7 heteroatoms. The third-order valence-corrected chi connectivity index (χ3v) is 6.10. The first-order valence-electron chi connectivity index (χ1n) is 9.99. The number of aromatic nitrogens is 2. The van der Waals surface area contributed by atoms with E-state index in [0.717, 1.165) is 43.2 Å². The molecule has 1 aliphatic carbocycles. The maximum atomic E-state index is 14.2. The molecule has 1 unspecified atom stereocenters. The highest BCUT2D eigenvalue weighted by molar-refractivity contribution is 5.25. The SMILES string of the molecule is N[C@H]1CC(N2Cc3cnc(C4CC4)nc3C2)CCO[C@@H]1c1cc(F)ccc1F. The first-order valence-corrected chi connectivity index (χ1v) is 9.99. The fraction of sp³-hybridized carbons (Fsp3) is 0.524. The Kier molecular flexibility index (Phi) is 4.61. The van der Waals surface area contributed by atoms with Crippen LogP contribution in [0, 0.1) is 11.6 Å². The summed E-state index contributed by atoms with van der Waals surface area (Å²) in [6.07, 6.45) is 5.18. The molecule has 3 aliphatic rings. The van der Waals surface area contributed by atoms with Gasteiger partial charge in [0.2, 0.25) is 0 Å². The van der Waals surface area contributed by atoms with Gasteiger partial charge in [0.25, 0.3) is 0 Å². The molecule has 2 N–H and O–H groups in total. The van der Waals surface area contributed by atoms with E-state index >= 15 is 0 Å². The van der Waals surface area contributed by atoms with E-state index in [1.165, 1.54) is 24.5 Å². The van der Waals surface area contributed by atoms with Gasteiger partial charge in [0.1, 0.15) is 23.6 Å². The first-order chi connectivity index (χ1) is 13.6. The lowest BCUT2D eigenvalue weighted by molar-refractivity contribution is 0.0430. The molecule has 28 heavy (non-hydrogen) atoms. The number of fused-ring (bicyclic) bond motifs is 1. The summed E-state index contributed by atoms with van der Waals surface area (Å²) < 4.78 is 33.7. The highest BCUT2D eigenvalue weighted by Crippen LogP contribution is 2.39. The second kappa shape index (κ2) is 7.13. The molecule has 1 saturated heterocycles. The molecule has 0 amide bonds. The topological polar surface area (TPSA) is 64.3 Å². The summed E-state index contributed by atoms with van der Waals surface area (Å²) in [7, 11) is 0. The number of halogens is 2. The molecule has 2 aromatic rings. The third kappa shape index (κ3) is 3.43. The van der Waals surface area contributed by atoms with Gasteiger partial charge in [-0.25, -0.2) is 18.7 Å². The number of nitrogens with zero attached hydrogens (tertiary/aromatic N) is 3. The van der Waals surface area contributed by atoms with Crippen LogP contribution >= 0.6 is 0 Å². The van der Waals surface area contributed by atoms with Crippen molar-refractivity contribution in [1.82, 2.24) is 14.9 Å². The molecular weight excluding hydrogens is 362 g/mol. The smallest absolute Gasteiger partial charge is 0.131 e. The molecule has 1 saturated carbocycles. The average Bonchev–Trinajstić information content (AvgIpc) is 3.47. The van der Waals surface area contributed by atoms with Gasteiger partial charge < -0.3 is 10.5 Å². The lowest BCUT2D eigenvalue weighted by atomic mass is 9.96. The predicted octanol–water partition coefficient (Wildman–Crippen LogP) is 3.20. The summed E-state index contributed by atoms with van der Waals surface area (Å²) in [5.74, 6) is 0.564. The van der Waals surface area contributed by atoms with Crippen LogP contribution < -0.4 is 5.73 Å². The number of nitrogens with two attached hydrogens (primary N) is 1. The Morgan fingerprint density at radius 3 is 2.82 bits per heavy atom. The van der Waals surface area contributed by atoms with E-state index in [9.17, 15) is 8.78 Å². The molecule has 3 atom stereocenters. The molecule has 1 aromatic carbocycles. The summed E-state index contributed by atoms with van der Waals surface area (Å²) in [6.45, 7) is 2.05. The van der Waals surface area contributed by atoms with Gasteiger partial charge in [-0.15, -0.1) is 0 Å². The lowest BCUT2D eigenvalue weighted by Gasteiger charge is -2.28. The molecule has 0 radical (unpaired) electrons. The zero-order chi connectivity index (χ0) is 19.3. The fourth-order valence-corrected chi connectivity index (χ4v) is 4.38. The van der Waals surface area contributed by atoms with E-state index in [4.69, 9.17) is 15.5 Å². The van der Waals surface area contributed by atoms with Crippen LogP contribution in [0.1, 0.15) is 60.4 Å². The maximum absolute atomic E-state index is 14.2. The van der Waals surface area contributed by atoms with Crippen LogP contribution in [0.3, 0.4) is 0 Å². The van der Waals surface area contributed by atoms with E-state index in [1.807, 2.05) is 6.20 Å². The van der Waals surface area contributed by atoms with Crippen LogP contribution in [-0.2, 0) is 17.8 Å². The minimum absolute atomic E-state index is 0.206. The summed E-state index contributed by atoms with van der Waals surface area (Å²) in [6, 6.07) is 3.26. The van der Waals surface area contributed by atoms with E-state index in [2.05, 4.69) is 9.88 Å². The van der Waals surface area contributed by atoms with E-state index in [0.29, 0.717) is 18.9 Å². The first kappa shape index (κ1) is 18.1. The van der Waals surface area contributed by atoms with Crippen LogP contribution in [0.4, 0.5) is 8.78 Å². The van der Waals surface area contributed by atoms with E-state index in [1.54, 1.807) is 0 Å². The van der Waals surface area contributed by atoms with Crippen molar-refractivity contribution in [1.29, 1.82) is 0 Å². The zero-order valence-electron chi connectivity index (χ0n) is 15.7. The Labute approximate surface area is 162 Å². The Hall–Kier alpha value is -1.96. The second-order valence-corrected chi connectivity index (χ2v) is 8.18. The summed E-state index contributed by atoms with van der Waals surface area (Å²) >= 11 is 0. The molecule has 148 valence electrons. The zero-order valence-corrected chi connectivity index (χ0v) is 15.7. The van der Waals surface area contributed by atoms with Crippen LogP contribution in [0.5, 0.6) is 0 Å². The highest BCUT2D eigenvalue weighted by atomic mass is 19.1. The van der Waals surface area contributed by atoms with Gasteiger partial charge in [-0.05, 0) is 43.9 Å². The van der Waals surface area contributed by atoms with Gasteiger partial charge in [-0.3, -0.25) is 4.90 Å². The normalized spacial score (nSPS) is 28.2. The standard InChI is InChI=1S/C21H24F2N4O/c22-14-3-4-17(23)16(7-14)20-18(24)8-15(5-6-28-20)27-10-13-9-25-21(12-1-2-12)26-19(13)11-27/h3-4,7,9,12,15,18,20H,1-2,5-6,8,10-11,24H2/t15?,18-,20+/m0/s1. The Morgan fingerprint density at radius 2 is 2.00 bits per heavy atom. The van der Waals surface area contributed by atoms with Gasteiger partial charge in [0.05, 0.1) is 5.69 Å². The monoisotopic (exact) mass is 386 g/mol. The Bertz CT molecular complexity index is 889. The van der Waals surface area contributed by atoms with E-state index in [-0.39, 0.29) is 11.6 Å².